The molecule has 0 spiro atoms. The van der Waals surface area contributed by atoms with Crippen LogP contribution in [0.5, 0.6) is 0 Å². The Bertz CT molecular complexity index is 2600. The smallest absolute Gasteiger partial charge is 0.165 e. The molecule has 0 unspecified atom stereocenters. The molecular weight excluding hydrogens is 587 g/mol. The Morgan fingerprint density at radius 1 is 0.625 bits per heavy atom. The van der Waals surface area contributed by atoms with Crippen LogP contribution >= 0.6 is 0 Å². The molecule has 0 fully saturated rings. The summed E-state index contributed by atoms with van der Waals surface area (Å²) in [5.74, 6) is 0. The summed E-state index contributed by atoms with van der Waals surface area (Å²) in [6.45, 7) is 6.07. The van der Waals surface area contributed by atoms with E-state index in [2.05, 4.69) is 101 Å². The van der Waals surface area contributed by atoms with Crippen LogP contribution in [0, 0.1) is 6.92 Å². The van der Waals surface area contributed by atoms with Gasteiger partial charge in [-0.1, -0.05) is 109 Å². The Kier molecular flexibility index (Phi) is 7.42. The minimum Gasteiger partial charge on any atom is -0.284 e. The normalized spacial score (nSPS) is 12.4. The van der Waals surface area contributed by atoms with Gasteiger partial charge >= 0.3 is 0 Å². The van der Waals surface area contributed by atoms with Crippen LogP contribution in [-0.2, 0) is 0 Å². The molecule has 0 saturated carbocycles. The Balaban J connectivity index is 1.24. The molecule has 0 N–H and O–H groups in total. The lowest BCUT2D eigenvalue weighted by Crippen LogP contribution is -1.94. The van der Waals surface area contributed by atoms with E-state index in [1.54, 1.807) is 0 Å². The maximum atomic E-state index is 5.23. The van der Waals surface area contributed by atoms with Gasteiger partial charge in [0, 0.05) is 44.6 Å². The lowest BCUT2D eigenvalue weighted by atomic mass is 9.95. The lowest BCUT2D eigenvalue weighted by molar-refractivity contribution is 1.19. The number of benzene rings is 4. The van der Waals surface area contributed by atoms with Crippen molar-refractivity contribution >= 4 is 49.8 Å². The van der Waals surface area contributed by atoms with Gasteiger partial charge in [0.25, 0.3) is 0 Å². The Hall–Kier alpha value is -6.20. The zero-order chi connectivity index (χ0) is 32.6. The number of rotatable bonds is 6. The highest BCUT2D eigenvalue weighted by atomic mass is 15.1. The average molecular weight is 620 g/mol. The predicted octanol–water partition coefficient (Wildman–Crippen LogP) is 11.1. The van der Waals surface area contributed by atoms with Crippen molar-refractivity contribution in [1.82, 2.24) is 19.4 Å². The summed E-state index contributed by atoms with van der Waals surface area (Å²) < 4.78 is 2.07. The molecule has 4 heterocycles. The van der Waals surface area contributed by atoms with Crippen LogP contribution in [-0.4, -0.2) is 25.1 Å². The first-order valence-electron chi connectivity index (χ1n) is 16.2. The van der Waals surface area contributed by atoms with Gasteiger partial charge in [-0.2, -0.15) is 0 Å². The van der Waals surface area contributed by atoms with Gasteiger partial charge in [-0.3, -0.25) is 14.4 Å². The molecule has 48 heavy (non-hydrogen) atoms. The fraction of sp³-hybridized carbons (Fsp3) is 0.0698. The number of allylic oxidation sites excluding steroid dienone is 4. The second-order valence-corrected chi connectivity index (χ2v) is 12.0. The summed E-state index contributed by atoms with van der Waals surface area (Å²) in [6.07, 6.45) is 10.1. The number of aromatic nitrogens is 4. The fourth-order valence-electron chi connectivity index (χ4n) is 6.50. The molecule has 8 rings (SSSR count). The second kappa shape index (κ2) is 12.2. The molecule has 0 saturated heterocycles. The summed E-state index contributed by atoms with van der Waals surface area (Å²) in [4.78, 5) is 20.3. The number of fused-ring (bicyclic) bond motifs is 6. The van der Waals surface area contributed by atoms with E-state index < -0.39 is 0 Å². The third-order valence-electron chi connectivity index (χ3n) is 8.75. The summed E-state index contributed by atoms with van der Waals surface area (Å²) in [5, 5.41) is 4.35. The maximum absolute atomic E-state index is 5.23. The van der Waals surface area contributed by atoms with Crippen LogP contribution in [0.4, 0.5) is 5.69 Å². The molecule has 4 aromatic carbocycles. The Morgan fingerprint density at radius 3 is 1.94 bits per heavy atom. The third kappa shape index (κ3) is 5.16. The van der Waals surface area contributed by atoms with E-state index in [0.717, 1.165) is 89.1 Å². The van der Waals surface area contributed by atoms with Gasteiger partial charge < -0.3 is 0 Å². The van der Waals surface area contributed by atoms with Crippen molar-refractivity contribution < 1.29 is 0 Å². The highest BCUT2D eigenvalue weighted by Gasteiger charge is 2.16. The molecule has 230 valence electrons. The highest BCUT2D eigenvalue weighted by molar-refractivity contribution is 6.10. The standard InChI is InChI=1S/C43H33N5/c1-4-5-6-15-28(2)44-39-29(3)45-40(35-21-8-7-20-34(35)39)32-18-13-16-30(26-32)31-17-14-19-33(27-31)41-36-22-9-10-23-37(36)42-43(47-41)48-25-12-11-24-38(48)46-42/h4-27H,1-3H3/b5-4-,15-6-,44-28?. The molecule has 0 bridgehead atoms. The Labute approximate surface area is 279 Å². The van der Waals surface area contributed by atoms with E-state index in [4.69, 9.17) is 19.9 Å². The first-order chi connectivity index (χ1) is 23.6. The molecule has 4 aromatic heterocycles. The van der Waals surface area contributed by atoms with E-state index in [1.807, 2.05) is 69.5 Å². The molecular formula is C43H33N5. The Morgan fingerprint density at radius 2 is 1.23 bits per heavy atom. The van der Waals surface area contributed by atoms with Gasteiger partial charge in [-0.15, -0.1) is 0 Å². The minimum atomic E-state index is 0.858. The van der Waals surface area contributed by atoms with E-state index in [1.165, 1.54) is 0 Å². The van der Waals surface area contributed by atoms with E-state index in [9.17, 15) is 0 Å². The van der Waals surface area contributed by atoms with E-state index in [0.29, 0.717) is 0 Å². The van der Waals surface area contributed by atoms with Gasteiger partial charge in [0.15, 0.2) is 5.65 Å². The molecule has 0 aliphatic rings. The van der Waals surface area contributed by atoms with Crippen LogP contribution in [0.25, 0.3) is 72.0 Å². The zero-order valence-electron chi connectivity index (χ0n) is 27.1. The van der Waals surface area contributed by atoms with Crippen LogP contribution in [0.15, 0.2) is 151 Å². The quantitative estimate of drug-likeness (QED) is 0.137. The van der Waals surface area contributed by atoms with E-state index in [-0.39, 0.29) is 0 Å². The number of imidazole rings is 1. The van der Waals surface area contributed by atoms with Crippen molar-refractivity contribution in [3.63, 3.8) is 0 Å². The third-order valence-corrected chi connectivity index (χ3v) is 8.75. The largest absolute Gasteiger partial charge is 0.284 e. The number of aryl methyl sites for hydroxylation is 1. The van der Waals surface area contributed by atoms with Gasteiger partial charge in [0.05, 0.1) is 22.8 Å². The summed E-state index contributed by atoms with van der Waals surface area (Å²) in [7, 11) is 0. The summed E-state index contributed by atoms with van der Waals surface area (Å²) >= 11 is 0. The molecule has 5 heteroatoms. The SMILES string of the molecule is C/C=C\C=C/C(C)=Nc1c(C)nc(-c2cccc(-c3cccc(-c4nc5c(nc6ccccn65)c5ccccc45)c3)c2)c2ccccc12. The van der Waals surface area contributed by atoms with Gasteiger partial charge in [0.1, 0.15) is 11.2 Å². The number of pyridine rings is 3. The fourth-order valence-corrected chi connectivity index (χ4v) is 6.50. The van der Waals surface area contributed by atoms with Crippen molar-refractivity contribution in [2.45, 2.75) is 20.8 Å². The van der Waals surface area contributed by atoms with Crippen molar-refractivity contribution in [3.05, 3.63) is 151 Å². The van der Waals surface area contributed by atoms with Crippen molar-refractivity contribution in [2.75, 3.05) is 0 Å². The van der Waals surface area contributed by atoms with Crippen LogP contribution in [0.2, 0.25) is 0 Å². The van der Waals surface area contributed by atoms with Crippen LogP contribution in [0.3, 0.4) is 0 Å². The van der Waals surface area contributed by atoms with Gasteiger partial charge in [-0.05, 0) is 62.2 Å². The molecule has 5 nitrogen and oxygen atoms in total. The summed E-state index contributed by atoms with van der Waals surface area (Å²) in [5.41, 5.74) is 11.6. The van der Waals surface area contributed by atoms with Crippen LogP contribution < -0.4 is 0 Å². The summed E-state index contributed by atoms with van der Waals surface area (Å²) in [6, 6.07) is 40.2. The molecule has 0 aliphatic heterocycles. The van der Waals surface area contributed by atoms with Gasteiger partial charge in [-0.25, -0.2) is 9.97 Å². The first-order valence-corrected chi connectivity index (χ1v) is 16.2. The molecule has 0 atom stereocenters. The first kappa shape index (κ1) is 29.2. The lowest BCUT2D eigenvalue weighted by Gasteiger charge is -2.13. The number of nitrogens with zero attached hydrogens (tertiary/aromatic N) is 5. The maximum Gasteiger partial charge on any atom is 0.165 e. The monoisotopic (exact) mass is 619 g/mol. The number of hydrogen-bond donors (Lipinski definition) is 0. The number of aliphatic imine (C=N–C) groups is 1. The minimum absolute atomic E-state index is 0.858. The van der Waals surface area contributed by atoms with Crippen molar-refractivity contribution in [3.8, 4) is 33.6 Å². The highest BCUT2D eigenvalue weighted by Crippen LogP contribution is 2.38. The van der Waals surface area contributed by atoms with Crippen LogP contribution in [0.1, 0.15) is 19.5 Å². The molecule has 0 aliphatic carbocycles. The average Bonchev–Trinajstić information content (AvgIpc) is 3.51. The molecule has 0 amide bonds. The predicted molar refractivity (Wildman–Crippen MR) is 201 cm³/mol. The zero-order valence-corrected chi connectivity index (χ0v) is 27.1. The second-order valence-electron chi connectivity index (χ2n) is 12.0. The topological polar surface area (TPSA) is 55.4 Å². The van der Waals surface area contributed by atoms with E-state index >= 15 is 0 Å². The van der Waals surface area contributed by atoms with Gasteiger partial charge in [0.2, 0.25) is 0 Å². The van der Waals surface area contributed by atoms with Crippen molar-refractivity contribution in [1.29, 1.82) is 0 Å². The van der Waals surface area contributed by atoms with Crippen molar-refractivity contribution in [2.24, 2.45) is 4.99 Å². The molecule has 8 aromatic rings. The molecule has 0 radical (unpaired) electrons. The number of hydrogen-bond acceptors (Lipinski definition) is 4.